The summed E-state index contributed by atoms with van der Waals surface area (Å²) in [4.78, 5) is 30.8. The SMILES string of the molecule is O=C1C(=Cc2ccc(Sc3ccccc3)o2)C(=O)N(c2ccccc2)C(=S)N1c1ccccc1. The fraction of sp³-hybridized carbons (Fsp3) is 0. The normalized spacial score (nSPS) is 14.0. The molecule has 1 saturated heterocycles. The molecule has 1 aliphatic rings. The van der Waals surface area contributed by atoms with Crippen LogP contribution in [0.15, 0.2) is 123 Å². The molecule has 5 rings (SSSR count). The van der Waals surface area contributed by atoms with E-state index in [0.717, 1.165) is 4.90 Å². The van der Waals surface area contributed by atoms with Crippen LogP contribution in [0.4, 0.5) is 11.4 Å². The number of anilines is 2. The fourth-order valence-electron chi connectivity index (χ4n) is 3.55. The number of nitrogens with zero attached hydrogens (tertiary/aromatic N) is 2. The Morgan fingerprint density at radius 2 is 1.18 bits per heavy atom. The van der Waals surface area contributed by atoms with E-state index in [9.17, 15) is 9.59 Å². The number of furan rings is 1. The van der Waals surface area contributed by atoms with Crippen LogP contribution in [-0.4, -0.2) is 16.9 Å². The lowest BCUT2D eigenvalue weighted by Gasteiger charge is -2.36. The summed E-state index contributed by atoms with van der Waals surface area (Å²) in [5, 5.41) is 0.758. The van der Waals surface area contributed by atoms with E-state index in [1.165, 1.54) is 27.6 Å². The van der Waals surface area contributed by atoms with Crippen molar-refractivity contribution in [1.29, 1.82) is 0 Å². The monoisotopic (exact) mass is 482 g/mol. The van der Waals surface area contributed by atoms with Crippen LogP contribution >= 0.6 is 24.0 Å². The first-order valence-corrected chi connectivity index (χ1v) is 11.7. The van der Waals surface area contributed by atoms with Crippen LogP contribution in [-0.2, 0) is 9.59 Å². The topological polar surface area (TPSA) is 53.8 Å². The third-order valence-electron chi connectivity index (χ3n) is 5.13. The lowest BCUT2D eigenvalue weighted by molar-refractivity contribution is -0.120. The van der Waals surface area contributed by atoms with E-state index >= 15 is 0 Å². The molecular weight excluding hydrogens is 464 g/mol. The van der Waals surface area contributed by atoms with Gasteiger partial charge in [0, 0.05) is 4.90 Å². The number of amides is 2. The third-order valence-corrected chi connectivity index (χ3v) is 6.42. The molecule has 1 aliphatic heterocycles. The van der Waals surface area contributed by atoms with Crippen LogP contribution in [0.3, 0.4) is 0 Å². The van der Waals surface area contributed by atoms with Crippen molar-refractivity contribution in [2.45, 2.75) is 9.99 Å². The number of hydrogen-bond acceptors (Lipinski definition) is 5. The summed E-state index contributed by atoms with van der Waals surface area (Å²) in [6, 6.07) is 31.5. The van der Waals surface area contributed by atoms with Crippen LogP contribution in [0, 0.1) is 0 Å². The maximum atomic E-state index is 13.5. The van der Waals surface area contributed by atoms with E-state index in [2.05, 4.69) is 0 Å². The minimum atomic E-state index is -0.498. The largest absolute Gasteiger partial charge is 0.450 e. The molecule has 0 atom stereocenters. The number of carbonyl (C=O) groups is 2. The van der Waals surface area contributed by atoms with Crippen molar-refractivity contribution in [3.8, 4) is 0 Å². The average molecular weight is 483 g/mol. The Labute approximate surface area is 206 Å². The maximum absolute atomic E-state index is 13.5. The van der Waals surface area contributed by atoms with Gasteiger partial charge >= 0.3 is 0 Å². The number of hydrogen-bond donors (Lipinski definition) is 0. The van der Waals surface area contributed by atoms with Gasteiger partial charge in [0.05, 0.1) is 11.4 Å². The molecule has 1 aromatic heterocycles. The third kappa shape index (κ3) is 4.31. The summed E-state index contributed by atoms with van der Waals surface area (Å²) in [6.07, 6.45) is 1.48. The molecule has 0 radical (unpaired) electrons. The van der Waals surface area contributed by atoms with Crippen molar-refractivity contribution in [2.24, 2.45) is 0 Å². The highest BCUT2D eigenvalue weighted by atomic mass is 32.2. The van der Waals surface area contributed by atoms with Gasteiger partial charge in [-0.05, 0) is 66.8 Å². The van der Waals surface area contributed by atoms with E-state index in [0.29, 0.717) is 22.2 Å². The highest BCUT2D eigenvalue weighted by Crippen LogP contribution is 2.32. The van der Waals surface area contributed by atoms with E-state index < -0.39 is 11.8 Å². The van der Waals surface area contributed by atoms with Crippen molar-refractivity contribution in [2.75, 3.05) is 9.80 Å². The van der Waals surface area contributed by atoms with E-state index in [-0.39, 0.29) is 10.7 Å². The number of carbonyl (C=O) groups excluding carboxylic acids is 2. The van der Waals surface area contributed by atoms with E-state index in [1.807, 2.05) is 72.8 Å². The second kappa shape index (κ2) is 9.51. The summed E-state index contributed by atoms with van der Waals surface area (Å²) in [5.74, 6) is -0.590. The van der Waals surface area contributed by atoms with Gasteiger partial charge in [-0.25, -0.2) is 0 Å². The molecule has 7 heteroatoms. The molecule has 0 saturated carbocycles. The van der Waals surface area contributed by atoms with Gasteiger partial charge in [-0.1, -0.05) is 66.4 Å². The second-order valence-electron chi connectivity index (χ2n) is 7.36. The minimum absolute atomic E-state index is 0.0353. The van der Waals surface area contributed by atoms with Gasteiger partial charge in [-0.2, -0.15) is 0 Å². The van der Waals surface area contributed by atoms with Crippen molar-refractivity contribution >= 4 is 58.4 Å². The van der Waals surface area contributed by atoms with Gasteiger partial charge in [-0.15, -0.1) is 0 Å². The van der Waals surface area contributed by atoms with Crippen molar-refractivity contribution < 1.29 is 14.0 Å². The van der Waals surface area contributed by atoms with Crippen molar-refractivity contribution in [3.05, 3.63) is 114 Å². The number of thiocarbonyl (C=S) groups is 1. The first kappa shape index (κ1) is 21.9. The smallest absolute Gasteiger partial charge is 0.270 e. The van der Waals surface area contributed by atoms with E-state index in [1.54, 1.807) is 30.3 Å². The molecule has 0 N–H and O–H groups in total. The second-order valence-corrected chi connectivity index (χ2v) is 8.81. The Morgan fingerprint density at radius 1 is 0.676 bits per heavy atom. The molecule has 166 valence electrons. The Kier molecular flexibility index (Phi) is 6.12. The summed E-state index contributed by atoms with van der Waals surface area (Å²) >= 11 is 7.08. The number of rotatable bonds is 5. The first-order valence-electron chi connectivity index (χ1n) is 10.5. The zero-order chi connectivity index (χ0) is 23.5. The van der Waals surface area contributed by atoms with Crippen LogP contribution in [0.25, 0.3) is 6.08 Å². The quantitative estimate of drug-likeness (QED) is 0.193. The van der Waals surface area contributed by atoms with Gasteiger partial charge < -0.3 is 4.42 Å². The Balaban J connectivity index is 1.54. The molecule has 2 amide bonds. The number of para-hydroxylation sites is 2. The molecule has 0 spiro atoms. The summed E-state index contributed by atoms with van der Waals surface area (Å²) in [7, 11) is 0. The molecule has 1 fully saturated rings. The predicted molar refractivity (Wildman–Crippen MR) is 138 cm³/mol. The van der Waals surface area contributed by atoms with Crippen LogP contribution in [0.2, 0.25) is 0 Å². The molecule has 0 bridgehead atoms. The standard InChI is InChI=1S/C27H18N2O3S2/c30-25-23(18-21-16-17-24(32-21)34-22-14-8-3-9-15-22)26(31)29(20-12-6-2-7-13-20)27(33)28(25)19-10-4-1-5-11-19/h1-18H. The lowest BCUT2D eigenvalue weighted by atomic mass is 10.1. The zero-order valence-corrected chi connectivity index (χ0v) is 19.5. The molecule has 0 unspecified atom stereocenters. The minimum Gasteiger partial charge on any atom is -0.450 e. The average Bonchev–Trinajstić information content (AvgIpc) is 3.31. The van der Waals surface area contributed by atoms with Gasteiger partial charge in [0.1, 0.15) is 11.3 Å². The van der Waals surface area contributed by atoms with E-state index in [4.69, 9.17) is 16.6 Å². The Morgan fingerprint density at radius 3 is 1.71 bits per heavy atom. The van der Waals surface area contributed by atoms with Gasteiger partial charge in [0.15, 0.2) is 10.2 Å². The fourth-order valence-corrected chi connectivity index (χ4v) is 4.73. The molecule has 2 heterocycles. The van der Waals surface area contributed by atoms with Crippen LogP contribution < -0.4 is 9.80 Å². The van der Waals surface area contributed by atoms with Crippen LogP contribution in [0.1, 0.15) is 5.76 Å². The molecule has 4 aromatic rings. The highest BCUT2D eigenvalue weighted by Gasteiger charge is 2.41. The molecule has 34 heavy (non-hydrogen) atoms. The Hall–Kier alpha value is -3.94. The molecule has 3 aromatic carbocycles. The predicted octanol–water partition coefficient (Wildman–Crippen LogP) is 6.18. The molecular formula is C27H18N2O3S2. The molecule has 5 nitrogen and oxygen atoms in total. The van der Waals surface area contributed by atoms with Gasteiger partial charge in [0.2, 0.25) is 0 Å². The first-order chi connectivity index (χ1) is 16.6. The van der Waals surface area contributed by atoms with Crippen molar-refractivity contribution in [1.82, 2.24) is 0 Å². The van der Waals surface area contributed by atoms with Gasteiger partial charge in [-0.3, -0.25) is 19.4 Å². The number of benzene rings is 3. The zero-order valence-electron chi connectivity index (χ0n) is 17.8. The summed E-state index contributed by atoms with van der Waals surface area (Å²) < 4.78 is 5.91. The van der Waals surface area contributed by atoms with Crippen molar-refractivity contribution in [3.63, 3.8) is 0 Å². The summed E-state index contributed by atoms with van der Waals surface area (Å²) in [6.45, 7) is 0. The van der Waals surface area contributed by atoms with Crippen LogP contribution in [0.5, 0.6) is 0 Å². The van der Waals surface area contributed by atoms with Gasteiger partial charge in [0.25, 0.3) is 11.8 Å². The highest BCUT2D eigenvalue weighted by molar-refractivity contribution is 7.99. The Bertz CT molecular complexity index is 1320. The summed E-state index contributed by atoms with van der Waals surface area (Å²) in [5.41, 5.74) is 1.13. The molecule has 0 aliphatic carbocycles. The lowest BCUT2D eigenvalue weighted by Crippen LogP contribution is -2.56. The maximum Gasteiger partial charge on any atom is 0.270 e.